The first-order valence-corrected chi connectivity index (χ1v) is 17.1. The van der Waals surface area contributed by atoms with Crippen molar-refractivity contribution >= 4 is 41.5 Å². The molecule has 54 heavy (non-hydrogen) atoms. The number of hydrogen-bond donors (Lipinski definition) is 12. The van der Waals surface area contributed by atoms with E-state index in [0.29, 0.717) is 18.4 Å². The third kappa shape index (κ3) is 15.5. The van der Waals surface area contributed by atoms with Crippen LogP contribution < -0.4 is 38.1 Å². The lowest BCUT2D eigenvalue weighted by Crippen LogP contribution is -2.60. The van der Waals surface area contributed by atoms with Gasteiger partial charge in [0.2, 0.25) is 29.5 Å². The van der Waals surface area contributed by atoms with Crippen LogP contribution in [-0.4, -0.2) is 123 Å². The van der Waals surface area contributed by atoms with E-state index in [1.807, 2.05) is 0 Å². The van der Waals surface area contributed by atoms with Gasteiger partial charge in [-0.15, -0.1) is 0 Å². The van der Waals surface area contributed by atoms with Gasteiger partial charge in [0, 0.05) is 12.8 Å². The van der Waals surface area contributed by atoms with Gasteiger partial charge in [-0.1, -0.05) is 42.5 Å². The summed E-state index contributed by atoms with van der Waals surface area (Å²) in [7, 11) is 0. The fraction of sp³-hybridized carbons (Fsp3) is 0.457. The number of carbonyl (C=O) groups excluding carboxylic acids is 5. The molecule has 0 heterocycles. The molecule has 2 rings (SSSR count). The van der Waals surface area contributed by atoms with Crippen molar-refractivity contribution in [2.45, 2.75) is 81.2 Å². The quantitative estimate of drug-likeness (QED) is 0.0475. The van der Waals surface area contributed by atoms with Crippen LogP contribution in [0.1, 0.15) is 43.2 Å². The van der Waals surface area contributed by atoms with E-state index in [1.54, 1.807) is 30.3 Å². The first-order valence-electron chi connectivity index (χ1n) is 17.1. The molecule has 0 saturated heterocycles. The predicted molar refractivity (Wildman–Crippen MR) is 191 cm³/mol. The number of aliphatic carboxylic acids is 2. The Morgan fingerprint density at radius 3 is 1.54 bits per heavy atom. The van der Waals surface area contributed by atoms with Crippen molar-refractivity contribution in [1.82, 2.24) is 26.6 Å². The molecule has 0 radical (unpaired) electrons. The fourth-order valence-electron chi connectivity index (χ4n) is 5.08. The third-order valence-electron chi connectivity index (χ3n) is 8.12. The number of nitrogens with two attached hydrogens (primary N) is 2. The summed E-state index contributed by atoms with van der Waals surface area (Å²) in [6.45, 7) is -1.71. The number of aromatic hydroxyl groups is 1. The van der Waals surface area contributed by atoms with Crippen LogP contribution in [0.3, 0.4) is 0 Å². The van der Waals surface area contributed by atoms with Crippen LogP contribution in [0.4, 0.5) is 0 Å². The molecule has 2 aromatic carbocycles. The van der Waals surface area contributed by atoms with Crippen molar-refractivity contribution in [3.8, 4) is 5.75 Å². The first-order chi connectivity index (χ1) is 25.7. The molecule has 0 aliphatic carbocycles. The van der Waals surface area contributed by atoms with Crippen molar-refractivity contribution in [2.24, 2.45) is 11.5 Å². The minimum Gasteiger partial charge on any atom is -0.508 e. The van der Waals surface area contributed by atoms with Crippen molar-refractivity contribution in [3.63, 3.8) is 0 Å². The van der Waals surface area contributed by atoms with E-state index in [-0.39, 0.29) is 31.6 Å². The maximum Gasteiger partial charge on any atom is 0.326 e. The summed E-state index contributed by atoms with van der Waals surface area (Å²) in [6, 6.07) is 5.49. The SMILES string of the molecule is NCCCC[C@H](NC(=O)[C@H](CO)NC(=O)[C@H](CCC(=O)O)NC(=O)[C@@H](N)Cc1ccccc1)C(=O)N[C@@H](CO)C(=O)N[C@@H](Cc1ccc(O)cc1)C(=O)O. The topological polar surface area (TPSA) is 333 Å². The van der Waals surface area contributed by atoms with Crippen molar-refractivity contribution in [1.29, 1.82) is 0 Å². The molecule has 0 spiro atoms. The van der Waals surface area contributed by atoms with E-state index < -0.39 is 104 Å². The standard InChI is InChI=1S/C35H49N7O12/c36-15-5-4-8-24(31(49)41-28(19-44)34(52)40-26(35(53)54)17-21-9-11-22(45)12-10-21)39-33(51)27(18-43)42-32(50)25(13-14-29(46)47)38-30(48)23(37)16-20-6-2-1-3-7-20/h1-3,6-7,9-12,23-28,43-45H,4-5,8,13-19,36-37H2,(H,38,48)(H,39,51)(H,40,52)(H,41,49)(H,42,50)(H,46,47)(H,53,54)/t23-,24-,25-,26-,27-,28-/m0/s1. The van der Waals surface area contributed by atoms with Crippen LogP contribution in [-0.2, 0) is 46.4 Å². The minimum atomic E-state index is -1.70. The molecule has 296 valence electrons. The second-order valence-corrected chi connectivity index (χ2v) is 12.4. The number of unbranched alkanes of at least 4 members (excludes halogenated alkanes) is 1. The lowest BCUT2D eigenvalue weighted by Gasteiger charge is -2.26. The second-order valence-electron chi connectivity index (χ2n) is 12.4. The molecule has 2 aromatic rings. The molecule has 0 aromatic heterocycles. The lowest BCUT2D eigenvalue weighted by atomic mass is 10.0. The maximum atomic E-state index is 13.3. The van der Waals surface area contributed by atoms with Gasteiger partial charge in [-0.25, -0.2) is 4.79 Å². The average Bonchev–Trinajstić information content (AvgIpc) is 3.14. The van der Waals surface area contributed by atoms with Crippen molar-refractivity contribution < 1.29 is 59.1 Å². The van der Waals surface area contributed by atoms with Gasteiger partial charge in [0.05, 0.1) is 19.3 Å². The Morgan fingerprint density at radius 1 is 0.574 bits per heavy atom. The maximum absolute atomic E-state index is 13.3. The Kier molecular flexibility index (Phi) is 19.1. The van der Waals surface area contributed by atoms with E-state index in [1.165, 1.54) is 24.3 Å². The zero-order valence-electron chi connectivity index (χ0n) is 29.5. The van der Waals surface area contributed by atoms with Crippen LogP contribution in [0, 0.1) is 0 Å². The summed E-state index contributed by atoms with van der Waals surface area (Å²) in [4.78, 5) is 88.8. The Balaban J connectivity index is 2.14. The van der Waals surface area contributed by atoms with Crippen molar-refractivity contribution in [3.05, 3.63) is 65.7 Å². The molecule has 6 atom stereocenters. The molecule has 0 fully saturated rings. The monoisotopic (exact) mass is 759 g/mol. The number of carboxylic acid groups (broad SMARTS) is 2. The number of nitrogens with one attached hydrogen (secondary N) is 5. The first kappa shape index (κ1) is 44.5. The van der Waals surface area contributed by atoms with E-state index in [4.69, 9.17) is 11.5 Å². The highest BCUT2D eigenvalue weighted by Gasteiger charge is 2.32. The number of benzene rings is 2. The number of phenolic OH excluding ortho intramolecular Hbond substituents is 1. The predicted octanol–water partition coefficient (Wildman–Crippen LogP) is -3.01. The Morgan fingerprint density at radius 2 is 1.04 bits per heavy atom. The zero-order chi connectivity index (χ0) is 40.2. The van der Waals surface area contributed by atoms with Crippen LogP contribution in [0.5, 0.6) is 5.75 Å². The van der Waals surface area contributed by atoms with Gasteiger partial charge in [-0.2, -0.15) is 0 Å². The minimum absolute atomic E-state index is 0.0458. The summed E-state index contributed by atoms with van der Waals surface area (Å²) in [5.74, 6) is -7.62. The van der Waals surface area contributed by atoms with Crippen LogP contribution >= 0.6 is 0 Å². The van der Waals surface area contributed by atoms with E-state index >= 15 is 0 Å². The number of amides is 5. The molecule has 19 heteroatoms. The van der Waals surface area contributed by atoms with Crippen LogP contribution in [0.15, 0.2) is 54.6 Å². The third-order valence-corrected chi connectivity index (χ3v) is 8.12. The van der Waals surface area contributed by atoms with Gasteiger partial charge in [-0.05, 0) is 61.9 Å². The Bertz CT molecular complexity index is 1560. The van der Waals surface area contributed by atoms with E-state index in [0.717, 1.165) is 5.56 Å². The van der Waals surface area contributed by atoms with Gasteiger partial charge in [0.25, 0.3) is 0 Å². The van der Waals surface area contributed by atoms with Gasteiger partial charge < -0.3 is 63.6 Å². The van der Waals surface area contributed by atoms with Crippen LogP contribution in [0.2, 0.25) is 0 Å². The summed E-state index contributed by atoms with van der Waals surface area (Å²) in [5.41, 5.74) is 12.8. The molecule has 0 bridgehead atoms. The number of aliphatic hydroxyl groups is 2. The smallest absolute Gasteiger partial charge is 0.326 e. The summed E-state index contributed by atoms with van der Waals surface area (Å²) in [5, 5.41) is 59.8. The normalized spacial score (nSPS) is 14.2. The molecule has 0 saturated carbocycles. The van der Waals surface area contributed by atoms with E-state index in [2.05, 4.69) is 26.6 Å². The molecule has 5 amide bonds. The lowest BCUT2D eigenvalue weighted by molar-refractivity contribution is -0.142. The number of hydrogen-bond acceptors (Lipinski definition) is 12. The largest absolute Gasteiger partial charge is 0.508 e. The highest BCUT2D eigenvalue weighted by Crippen LogP contribution is 2.12. The molecule has 19 nitrogen and oxygen atoms in total. The number of rotatable bonds is 24. The summed E-state index contributed by atoms with van der Waals surface area (Å²) < 4.78 is 0. The molecule has 0 unspecified atom stereocenters. The number of carboxylic acids is 2. The van der Waals surface area contributed by atoms with Crippen LogP contribution in [0.25, 0.3) is 0 Å². The van der Waals surface area contributed by atoms with E-state index in [9.17, 15) is 59.1 Å². The molecular weight excluding hydrogens is 710 g/mol. The molecule has 0 aliphatic heterocycles. The van der Waals surface area contributed by atoms with Gasteiger partial charge in [0.1, 0.15) is 36.0 Å². The Hall–Kier alpha value is -5.63. The number of aliphatic hydroxyl groups excluding tert-OH is 2. The van der Waals surface area contributed by atoms with Gasteiger partial charge >= 0.3 is 11.9 Å². The number of carbonyl (C=O) groups is 7. The summed E-state index contributed by atoms with van der Waals surface area (Å²) >= 11 is 0. The zero-order valence-corrected chi connectivity index (χ0v) is 29.5. The van der Waals surface area contributed by atoms with Crippen molar-refractivity contribution in [2.75, 3.05) is 19.8 Å². The molecule has 0 aliphatic rings. The number of phenols is 1. The van der Waals surface area contributed by atoms with Gasteiger partial charge in [-0.3, -0.25) is 28.8 Å². The average molecular weight is 760 g/mol. The second kappa shape index (κ2) is 23.1. The summed E-state index contributed by atoms with van der Waals surface area (Å²) in [6.07, 6.45) is -0.364. The molecule has 14 N–H and O–H groups in total. The highest BCUT2D eigenvalue weighted by molar-refractivity contribution is 5.96. The van der Waals surface area contributed by atoms with Gasteiger partial charge in [0.15, 0.2) is 0 Å². The highest BCUT2D eigenvalue weighted by atomic mass is 16.4. The fourth-order valence-corrected chi connectivity index (χ4v) is 5.08. The Labute approximate surface area is 310 Å². The molecular formula is C35H49N7O12.